The predicted octanol–water partition coefficient (Wildman–Crippen LogP) is 2.97. The van der Waals surface area contributed by atoms with Crippen LogP contribution in [0.25, 0.3) is 0 Å². The minimum Gasteiger partial charge on any atom is -0.497 e. The molecule has 2 unspecified atom stereocenters. The van der Waals surface area contributed by atoms with Crippen LogP contribution in [0.1, 0.15) is 0 Å². The molecule has 4 heteroatoms. The first-order valence-corrected chi connectivity index (χ1v) is 8.49. The molecule has 0 spiro atoms. The van der Waals surface area contributed by atoms with Gasteiger partial charge in [0.15, 0.2) is 0 Å². The van der Waals surface area contributed by atoms with Gasteiger partial charge in [-0.3, -0.25) is 0 Å². The molecule has 0 fully saturated rings. The molecule has 0 aliphatic heterocycles. The molecule has 0 saturated heterocycles. The van der Waals surface area contributed by atoms with E-state index >= 15 is 0 Å². The van der Waals surface area contributed by atoms with Crippen molar-refractivity contribution in [1.29, 1.82) is 0 Å². The zero-order valence-electron chi connectivity index (χ0n) is 11.1. The normalized spacial score (nSPS) is 11.5. The van der Waals surface area contributed by atoms with Crippen molar-refractivity contribution in [2.75, 3.05) is 20.1 Å². The Labute approximate surface area is 118 Å². The Balaban J connectivity index is 1.81. The average molecular weight is 292 g/mol. The van der Waals surface area contributed by atoms with Crippen LogP contribution in [0.3, 0.4) is 0 Å². The molecule has 0 N–H and O–H groups in total. The van der Waals surface area contributed by atoms with E-state index in [1.807, 2.05) is 24.3 Å². The second kappa shape index (κ2) is 7.48. The second-order valence-electron chi connectivity index (χ2n) is 3.99. The Morgan fingerprint density at radius 3 is 1.37 bits per heavy atom. The molecule has 2 atom stereocenters. The molecule has 0 saturated carbocycles. The molecule has 0 aliphatic carbocycles. The van der Waals surface area contributed by atoms with Crippen molar-refractivity contribution in [3.63, 3.8) is 0 Å². The van der Waals surface area contributed by atoms with Crippen LogP contribution in [0, 0.1) is 0 Å². The van der Waals surface area contributed by atoms with Crippen molar-refractivity contribution >= 4 is 27.8 Å². The highest BCUT2D eigenvalue weighted by molar-refractivity contribution is 7.64. The third-order valence-corrected chi connectivity index (χ3v) is 5.66. The summed E-state index contributed by atoms with van der Waals surface area (Å²) in [5, 5.41) is 2.78. The fourth-order valence-corrected chi connectivity index (χ4v) is 4.46. The summed E-state index contributed by atoms with van der Waals surface area (Å²) in [7, 11) is 5.10. The Kier molecular flexibility index (Phi) is 5.63. The smallest absolute Gasteiger partial charge is 0.118 e. The maximum absolute atomic E-state index is 5.16. The summed E-state index contributed by atoms with van der Waals surface area (Å²) in [5.74, 6) is 3.05. The van der Waals surface area contributed by atoms with E-state index in [4.69, 9.17) is 9.47 Å². The molecule has 2 rings (SSSR count). The molecule has 2 nitrogen and oxygen atoms in total. The third kappa shape index (κ3) is 4.49. The van der Waals surface area contributed by atoms with Gasteiger partial charge in [-0.1, -0.05) is 41.4 Å². The molecule has 19 heavy (non-hydrogen) atoms. The van der Waals surface area contributed by atoms with Crippen LogP contribution >= 0.6 is 17.2 Å². The lowest BCUT2D eigenvalue weighted by atomic mass is 10.3. The molecule has 100 valence electrons. The molecule has 0 aromatic heterocycles. The fraction of sp³-hybridized carbons (Fsp3) is 0.200. The first-order chi connectivity index (χ1) is 9.31. The number of ether oxygens (including phenoxy) is 2. The summed E-state index contributed by atoms with van der Waals surface area (Å²) in [6.07, 6.45) is 0. The van der Waals surface area contributed by atoms with E-state index in [1.54, 1.807) is 14.2 Å². The summed E-state index contributed by atoms with van der Waals surface area (Å²) in [6.45, 7) is 0. The minimum atomic E-state index is 0.851. The summed E-state index contributed by atoms with van der Waals surface area (Å²) in [6, 6.07) is 16.7. The summed E-state index contributed by atoms with van der Waals surface area (Å²) >= 11 is 0. The van der Waals surface area contributed by atoms with E-state index in [2.05, 4.69) is 24.3 Å². The highest BCUT2D eigenvalue weighted by Crippen LogP contribution is 2.24. The number of hydrogen-bond acceptors (Lipinski definition) is 2. The van der Waals surface area contributed by atoms with Gasteiger partial charge in [-0.15, -0.1) is 0 Å². The lowest BCUT2D eigenvalue weighted by Gasteiger charge is -2.05. The summed E-state index contributed by atoms with van der Waals surface area (Å²) < 4.78 is 10.3. The second-order valence-corrected chi connectivity index (χ2v) is 7.26. The van der Waals surface area contributed by atoms with Gasteiger partial charge >= 0.3 is 0 Å². The van der Waals surface area contributed by atoms with Crippen LogP contribution in [0.15, 0.2) is 48.5 Å². The van der Waals surface area contributed by atoms with Gasteiger partial charge in [0.1, 0.15) is 11.5 Å². The topological polar surface area (TPSA) is 18.5 Å². The van der Waals surface area contributed by atoms with Crippen molar-refractivity contribution in [2.45, 2.75) is 0 Å². The van der Waals surface area contributed by atoms with Crippen LogP contribution < -0.4 is 20.1 Å². The average Bonchev–Trinajstić information content (AvgIpc) is 2.49. The van der Waals surface area contributed by atoms with Crippen LogP contribution in [-0.4, -0.2) is 20.1 Å². The number of hydrogen-bond donors (Lipinski definition) is 0. The van der Waals surface area contributed by atoms with E-state index in [1.165, 1.54) is 16.5 Å². The molecule has 0 heterocycles. The van der Waals surface area contributed by atoms with E-state index in [-0.39, 0.29) is 0 Å². The van der Waals surface area contributed by atoms with Crippen molar-refractivity contribution in [3.8, 4) is 11.5 Å². The molecular formula is C15H18O2P2. The third-order valence-electron chi connectivity index (χ3n) is 2.77. The van der Waals surface area contributed by atoms with E-state index in [9.17, 15) is 0 Å². The van der Waals surface area contributed by atoms with Crippen molar-refractivity contribution in [2.24, 2.45) is 0 Å². The monoisotopic (exact) mass is 292 g/mol. The minimum absolute atomic E-state index is 0.851. The molecule has 2 aromatic rings. The van der Waals surface area contributed by atoms with Gasteiger partial charge in [0.2, 0.25) is 0 Å². The highest BCUT2D eigenvalue weighted by Gasteiger charge is 1.97. The zero-order chi connectivity index (χ0) is 13.5. The van der Waals surface area contributed by atoms with Crippen molar-refractivity contribution in [1.82, 2.24) is 0 Å². The number of rotatable bonds is 6. The Bertz CT molecular complexity index is 447. The van der Waals surface area contributed by atoms with E-state index < -0.39 is 0 Å². The molecule has 0 amide bonds. The lowest BCUT2D eigenvalue weighted by Crippen LogP contribution is -1.97. The maximum Gasteiger partial charge on any atom is 0.118 e. The van der Waals surface area contributed by atoms with Crippen LogP contribution in [0.4, 0.5) is 0 Å². The van der Waals surface area contributed by atoms with Gasteiger partial charge in [0.25, 0.3) is 0 Å². The Morgan fingerprint density at radius 2 is 1.05 bits per heavy atom. The van der Waals surface area contributed by atoms with Gasteiger partial charge in [0, 0.05) is 0 Å². The molecule has 2 aromatic carbocycles. The quantitative estimate of drug-likeness (QED) is 0.762. The number of methoxy groups -OCH3 is 2. The van der Waals surface area contributed by atoms with Gasteiger partial charge in [-0.25, -0.2) is 0 Å². The molecular weight excluding hydrogens is 274 g/mol. The zero-order valence-corrected chi connectivity index (χ0v) is 13.1. The van der Waals surface area contributed by atoms with Gasteiger partial charge in [-0.2, -0.15) is 0 Å². The lowest BCUT2D eigenvalue weighted by molar-refractivity contribution is 0.415. The van der Waals surface area contributed by atoms with Crippen molar-refractivity contribution < 1.29 is 9.47 Å². The SMILES string of the molecule is COc1ccc(PCPc2ccc(OC)cc2)cc1. The van der Waals surface area contributed by atoms with Gasteiger partial charge in [0.05, 0.1) is 14.2 Å². The first kappa shape index (κ1) is 14.3. The Hall–Kier alpha value is -1.10. The van der Waals surface area contributed by atoms with E-state index in [0.717, 1.165) is 28.7 Å². The molecule has 0 aliphatic rings. The summed E-state index contributed by atoms with van der Waals surface area (Å²) in [4.78, 5) is 0. The summed E-state index contributed by atoms with van der Waals surface area (Å²) in [5.41, 5.74) is 0. The molecule has 0 radical (unpaired) electrons. The first-order valence-electron chi connectivity index (χ1n) is 6.07. The van der Waals surface area contributed by atoms with Crippen LogP contribution in [0.2, 0.25) is 0 Å². The standard InChI is InChI=1S/C15H18O2P2/c1-16-12-3-7-14(8-4-12)18-11-19-15-9-5-13(17-2)6-10-15/h3-10,18-19H,11H2,1-2H3. The van der Waals surface area contributed by atoms with Crippen molar-refractivity contribution in [3.05, 3.63) is 48.5 Å². The molecule has 0 bridgehead atoms. The number of benzene rings is 2. The van der Waals surface area contributed by atoms with Crippen LogP contribution in [0.5, 0.6) is 11.5 Å². The van der Waals surface area contributed by atoms with Gasteiger partial charge in [-0.05, 0) is 40.8 Å². The van der Waals surface area contributed by atoms with Gasteiger partial charge < -0.3 is 9.47 Å². The van der Waals surface area contributed by atoms with Crippen LogP contribution in [-0.2, 0) is 0 Å². The predicted molar refractivity (Wildman–Crippen MR) is 86.8 cm³/mol. The Morgan fingerprint density at radius 1 is 0.684 bits per heavy atom. The fourth-order valence-electron chi connectivity index (χ4n) is 1.67. The largest absolute Gasteiger partial charge is 0.497 e. The maximum atomic E-state index is 5.16. The van der Waals surface area contributed by atoms with E-state index in [0.29, 0.717) is 0 Å². The highest BCUT2D eigenvalue weighted by atomic mass is 31.1.